The van der Waals surface area contributed by atoms with Gasteiger partial charge in [-0.05, 0) is 63.1 Å². The lowest BCUT2D eigenvalue weighted by Crippen LogP contribution is -2.18. The van der Waals surface area contributed by atoms with Crippen molar-refractivity contribution < 1.29 is 13.6 Å². The summed E-state index contributed by atoms with van der Waals surface area (Å²) in [6.45, 7) is 8.11. The van der Waals surface area contributed by atoms with Gasteiger partial charge in [-0.3, -0.25) is 4.79 Å². The van der Waals surface area contributed by atoms with Gasteiger partial charge in [0.05, 0.1) is 11.3 Å². The number of nitrogens with one attached hydrogen (secondary N) is 1. The van der Waals surface area contributed by atoms with Gasteiger partial charge in [0, 0.05) is 17.8 Å². The number of hydrogen-bond acceptors (Lipinski definition) is 6. The van der Waals surface area contributed by atoms with Crippen LogP contribution in [0.4, 0.5) is 10.2 Å². The maximum Gasteiger partial charge on any atom is 0.277 e. The van der Waals surface area contributed by atoms with E-state index in [1.807, 2.05) is 44.4 Å². The maximum absolute atomic E-state index is 13.3. The van der Waals surface area contributed by atoms with E-state index in [4.69, 9.17) is 4.42 Å². The number of nitrogens with zero attached hydrogens (tertiary/aromatic N) is 4. The molecule has 4 rings (SSSR count). The fourth-order valence-corrected chi connectivity index (χ4v) is 4.44. The molecule has 2 heterocycles. The third-order valence-electron chi connectivity index (χ3n) is 5.65. The first kappa shape index (κ1) is 24.2. The molecular formula is C26H24FN5O2S. The van der Waals surface area contributed by atoms with Gasteiger partial charge >= 0.3 is 0 Å². The normalized spacial score (nSPS) is 10.9. The summed E-state index contributed by atoms with van der Waals surface area (Å²) < 4.78 is 20.9. The summed E-state index contributed by atoms with van der Waals surface area (Å²) in [5, 5.41) is 21.0. The molecule has 0 unspecified atom stereocenters. The largest absolute Gasteiger partial charge is 0.411 e. The van der Waals surface area contributed by atoms with Gasteiger partial charge in [0.1, 0.15) is 17.7 Å². The molecular weight excluding hydrogens is 465 g/mol. The molecule has 0 radical (unpaired) electrons. The number of anilines is 1. The number of benzene rings is 2. The van der Waals surface area contributed by atoms with Crippen LogP contribution in [0.15, 0.2) is 52.1 Å². The van der Waals surface area contributed by atoms with Crippen LogP contribution >= 0.6 is 11.8 Å². The predicted octanol–water partition coefficient (Wildman–Crippen LogP) is 5.56. The minimum atomic E-state index is -0.320. The third kappa shape index (κ3) is 5.44. The van der Waals surface area contributed by atoms with Crippen LogP contribution in [0.3, 0.4) is 0 Å². The first-order valence-electron chi connectivity index (χ1n) is 10.9. The van der Waals surface area contributed by atoms with Crippen LogP contribution in [0.25, 0.3) is 11.5 Å². The smallest absolute Gasteiger partial charge is 0.277 e. The Morgan fingerprint density at radius 2 is 1.80 bits per heavy atom. The lowest BCUT2D eigenvalue weighted by molar-refractivity contribution is -0.113. The second-order valence-corrected chi connectivity index (χ2v) is 9.27. The summed E-state index contributed by atoms with van der Waals surface area (Å²) >= 11 is 1.12. The zero-order valence-corrected chi connectivity index (χ0v) is 20.7. The zero-order chi connectivity index (χ0) is 25.1. The highest BCUT2D eigenvalue weighted by Crippen LogP contribution is 2.29. The van der Waals surface area contributed by atoms with Crippen molar-refractivity contribution in [3.05, 3.63) is 81.8 Å². The Morgan fingerprint density at radius 3 is 2.46 bits per heavy atom. The van der Waals surface area contributed by atoms with Gasteiger partial charge in [-0.25, -0.2) is 4.39 Å². The number of halogens is 1. The van der Waals surface area contributed by atoms with Crippen molar-refractivity contribution in [3.8, 4) is 17.5 Å². The molecule has 0 aliphatic heterocycles. The van der Waals surface area contributed by atoms with Crippen LogP contribution in [-0.2, 0) is 11.3 Å². The number of nitriles is 1. The van der Waals surface area contributed by atoms with Gasteiger partial charge < -0.3 is 14.3 Å². The van der Waals surface area contributed by atoms with E-state index in [0.717, 1.165) is 45.3 Å². The van der Waals surface area contributed by atoms with Crippen molar-refractivity contribution in [1.29, 1.82) is 5.26 Å². The van der Waals surface area contributed by atoms with Gasteiger partial charge in [0.25, 0.3) is 5.22 Å². The van der Waals surface area contributed by atoms with Crippen LogP contribution < -0.4 is 5.32 Å². The Labute approximate surface area is 207 Å². The lowest BCUT2D eigenvalue weighted by atomic mass is 10.1. The Balaban J connectivity index is 1.48. The molecule has 0 spiro atoms. The zero-order valence-electron chi connectivity index (χ0n) is 19.8. The SMILES string of the molecule is Cc1cc(C)cc(-c2nnc(SCC(=O)Nc3c(C#N)c(C)c(C)n3Cc3ccc(F)cc3)o2)c1. The van der Waals surface area contributed by atoms with Crippen molar-refractivity contribution in [2.45, 2.75) is 39.5 Å². The molecule has 35 heavy (non-hydrogen) atoms. The molecule has 0 aliphatic rings. The molecule has 0 aliphatic carbocycles. The number of carbonyl (C=O) groups excluding carboxylic acids is 1. The standard InChI is InChI=1S/C26H24FN5O2S/c1-15-9-16(2)11-20(10-15)25-30-31-26(34-25)35-14-23(33)29-24-22(12-28)17(3)18(4)32(24)13-19-5-7-21(27)8-6-19/h5-11H,13-14H2,1-4H3,(H,29,33). The second-order valence-electron chi connectivity index (χ2n) is 8.34. The number of aromatic nitrogens is 3. The quantitative estimate of drug-likeness (QED) is 0.341. The highest BCUT2D eigenvalue weighted by Gasteiger charge is 2.20. The summed E-state index contributed by atoms with van der Waals surface area (Å²) in [4.78, 5) is 12.8. The van der Waals surface area contributed by atoms with E-state index >= 15 is 0 Å². The average Bonchev–Trinajstić information content (AvgIpc) is 3.38. The minimum absolute atomic E-state index is 0.0270. The highest BCUT2D eigenvalue weighted by molar-refractivity contribution is 7.99. The van der Waals surface area contributed by atoms with Crippen molar-refractivity contribution >= 4 is 23.5 Å². The topological polar surface area (TPSA) is 96.7 Å². The van der Waals surface area contributed by atoms with Crippen molar-refractivity contribution in [3.63, 3.8) is 0 Å². The number of hydrogen-bond donors (Lipinski definition) is 1. The van der Waals surface area contributed by atoms with Crippen molar-refractivity contribution in [2.24, 2.45) is 0 Å². The van der Waals surface area contributed by atoms with Gasteiger partial charge in [-0.15, -0.1) is 10.2 Å². The number of carbonyl (C=O) groups is 1. The summed E-state index contributed by atoms with van der Waals surface area (Å²) in [6.07, 6.45) is 0. The molecule has 1 N–H and O–H groups in total. The predicted molar refractivity (Wildman–Crippen MR) is 133 cm³/mol. The molecule has 0 atom stereocenters. The molecule has 0 saturated carbocycles. The number of rotatable bonds is 7. The maximum atomic E-state index is 13.3. The fraction of sp³-hybridized carbons (Fsp3) is 0.231. The molecule has 1 amide bonds. The van der Waals surface area contributed by atoms with E-state index in [9.17, 15) is 14.4 Å². The van der Waals surface area contributed by atoms with Gasteiger partial charge in [-0.1, -0.05) is 41.1 Å². The first-order valence-corrected chi connectivity index (χ1v) is 11.9. The summed E-state index contributed by atoms with van der Waals surface area (Å²) in [7, 11) is 0. The van der Waals surface area contributed by atoms with E-state index in [0.29, 0.717) is 23.8 Å². The second kappa shape index (κ2) is 10.2. The van der Waals surface area contributed by atoms with Gasteiger partial charge in [0.15, 0.2) is 0 Å². The Morgan fingerprint density at radius 1 is 1.11 bits per heavy atom. The van der Waals surface area contributed by atoms with E-state index in [1.165, 1.54) is 12.1 Å². The number of aryl methyl sites for hydroxylation is 2. The van der Waals surface area contributed by atoms with E-state index < -0.39 is 0 Å². The van der Waals surface area contributed by atoms with Crippen LogP contribution in [0.5, 0.6) is 0 Å². The van der Waals surface area contributed by atoms with E-state index in [1.54, 1.807) is 12.1 Å². The molecule has 0 bridgehead atoms. The van der Waals surface area contributed by atoms with Crippen LogP contribution in [0.1, 0.15) is 33.5 Å². The van der Waals surface area contributed by atoms with Crippen LogP contribution in [0.2, 0.25) is 0 Å². The van der Waals surface area contributed by atoms with Crippen molar-refractivity contribution in [1.82, 2.24) is 14.8 Å². The van der Waals surface area contributed by atoms with E-state index in [-0.39, 0.29) is 22.7 Å². The van der Waals surface area contributed by atoms with Gasteiger partial charge in [0.2, 0.25) is 11.8 Å². The monoisotopic (exact) mass is 489 g/mol. The first-order chi connectivity index (χ1) is 16.7. The molecule has 2 aromatic heterocycles. The molecule has 0 saturated heterocycles. The Hall–Kier alpha value is -3.90. The third-order valence-corrected chi connectivity index (χ3v) is 6.47. The molecule has 178 valence electrons. The van der Waals surface area contributed by atoms with Crippen molar-refractivity contribution in [2.75, 3.05) is 11.1 Å². The van der Waals surface area contributed by atoms with Gasteiger partial charge in [-0.2, -0.15) is 5.26 Å². The summed E-state index contributed by atoms with van der Waals surface area (Å²) in [5.74, 6) is 0.207. The highest BCUT2D eigenvalue weighted by atomic mass is 32.2. The molecule has 4 aromatic rings. The summed E-state index contributed by atoms with van der Waals surface area (Å²) in [6, 6.07) is 14.3. The fourth-order valence-electron chi connectivity index (χ4n) is 3.88. The minimum Gasteiger partial charge on any atom is -0.411 e. The molecule has 7 nitrogen and oxygen atoms in total. The summed E-state index contributed by atoms with van der Waals surface area (Å²) in [5.41, 5.74) is 5.90. The van der Waals surface area contributed by atoms with Crippen LogP contribution in [0, 0.1) is 44.8 Å². The molecule has 9 heteroatoms. The number of thioether (sulfide) groups is 1. The molecule has 0 fully saturated rings. The average molecular weight is 490 g/mol. The van der Waals surface area contributed by atoms with E-state index in [2.05, 4.69) is 27.6 Å². The Bertz CT molecular complexity index is 1410. The van der Waals surface area contributed by atoms with Crippen LogP contribution in [-0.4, -0.2) is 26.4 Å². The Kier molecular flexibility index (Phi) is 7.03. The molecule has 2 aromatic carbocycles. The number of amides is 1. The lowest BCUT2D eigenvalue weighted by Gasteiger charge is -2.13.